The fraction of sp³-hybridized carbons (Fsp3) is 0.733. The molecule has 2 bridgehead atoms. The van der Waals surface area contributed by atoms with Crippen LogP contribution in [0.15, 0.2) is 12.4 Å². The van der Waals surface area contributed by atoms with Gasteiger partial charge < -0.3 is 10.2 Å². The Morgan fingerprint density at radius 2 is 2.05 bits per heavy atom. The first-order valence-electron chi connectivity index (χ1n) is 7.43. The summed E-state index contributed by atoms with van der Waals surface area (Å²) in [6, 6.07) is 0. The van der Waals surface area contributed by atoms with Crippen LogP contribution in [0.5, 0.6) is 0 Å². The Kier molecular flexibility index (Phi) is 3.69. The van der Waals surface area contributed by atoms with Gasteiger partial charge in [-0.05, 0) is 44.1 Å². The molecule has 2 saturated carbocycles. The van der Waals surface area contributed by atoms with Crippen molar-refractivity contribution in [3.8, 4) is 0 Å². The number of fused-ring (bicyclic) bond motifs is 2. The molecule has 3 rings (SSSR count). The summed E-state index contributed by atoms with van der Waals surface area (Å²) in [4.78, 5) is 11.2. The maximum absolute atomic E-state index is 4.48. The lowest BCUT2D eigenvalue weighted by molar-refractivity contribution is 0.336. The smallest absolute Gasteiger partial charge is 0.225 e. The van der Waals surface area contributed by atoms with E-state index in [9.17, 15) is 0 Å². The van der Waals surface area contributed by atoms with Crippen LogP contribution >= 0.6 is 0 Å². The van der Waals surface area contributed by atoms with Crippen molar-refractivity contribution in [2.45, 2.75) is 32.2 Å². The van der Waals surface area contributed by atoms with E-state index >= 15 is 0 Å². The van der Waals surface area contributed by atoms with Crippen LogP contribution in [0.3, 0.4) is 0 Å². The van der Waals surface area contributed by atoms with Crippen molar-refractivity contribution >= 4 is 5.95 Å². The summed E-state index contributed by atoms with van der Waals surface area (Å²) in [6.45, 7) is 1.95. The van der Waals surface area contributed by atoms with E-state index in [4.69, 9.17) is 0 Å². The molecule has 0 spiro atoms. The van der Waals surface area contributed by atoms with Gasteiger partial charge in [-0.2, -0.15) is 0 Å². The number of rotatable bonds is 5. The number of hydrogen-bond donors (Lipinski definition) is 1. The Morgan fingerprint density at radius 1 is 1.26 bits per heavy atom. The molecule has 3 atom stereocenters. The standard InChI is InChI=1S/C15H24N4/c1-16-7-12-8-17-15(18-9-12)19(2)10-14-6-11-3-4-13(14)5-11/h8-9,11,13-14,16H,3-7,10H2,1-2H3. The highest BCUT2D eigenvalue weighted by atomic mass is 15.2. The van der Waals surface area contributed by atoms with Crippen molar-refractivity contribution in [3.63, 3.8) is 0 Å². The van der Waals surface area contributed by atoms with E-state index in [1.54, 1.807) is 0 Å². The van der Waals surface area contributed by atoms with Crippen LogP contribution in [0.1, 0.15) is 31.2 Å². The molecule has 0 aromatic carbocycles. The monoisotopic (exact) mass is 260 g/mol. The summed E-state index contributed by atoms with van der Waals surface area (Å²) in [6.07, 6.45) is 9.67. The zero-order valence-corrected chi connectivity index (χ0v) is 12.0. The van der Waals surface area contributed by atoms with Gasteiger partial charge in [-0.1, -0.05) is 6.42 Å². The molecule has 2 fully saturated rings. The van der Waals surface area contributed by atoms with E-state index in [2.05, 4.69) is 27.2 Å². The highest BCUT2D eigenvalue weighted by Gasteiger charge is 2.39. The summed E-state index contributed by atoms with van der Waals surface area (Å²) in [5.41, 5.74) is 1.14. The molecule has 1 aromatic heterocycles. The van der Waals surface area contributed by atoms with E-state index in [0.717, 1.165) is 42.4 Å². The van der Waals surface area contributed by atoms with E-state index < -0.39 is 0 Å². The zero-order chi connectivity index (χ0) is 13.2. The molecule has 4 heteroatoms. The Morgan fingerprint density at radius 3 is 2.63 bits per heavy atom. The largest absolute Gasteiger partial charge is 0.344 e. The second-order valence-electron chi connectivity index (χ2n) is 6.24. The van der Waals surface area contributed by atoms with Gasteiger partial charge in [0.15, 0.2) is 0 Å². The predicted molar refractivity (Wildman–Crippen MR) is 77.0 cm³/mol. The fourth-order valence-electron chi connectivity index (χ4n) is 3.87. The van der Waals surface area contributed by atoms with Crippen LogP contribution in [0.4, 0.5) is 5.95 Å². The summed E-state index contributed by atoms with van der Waals surface area (Å²) in [5, 5.41) is 3.12. The van der Waals surface area contributed by atoms with Crippen molar-refractivity contribution in [1.29, 1.82) is 0 Å². The third kappa shape index (κ3) is 2.73. The minimum absolute atomic E-state index is 0.830. The number of nitrogens with zero attached hydrogens (tertiary/aromatic N) is 3. The van der Waals surface area contributed by atoms with Crippen molar-refractivity contribution in [2.75, 3.05) is 25.5 Å². The second kappa shape index (κ2) is 5.45. The summed E-state index contributed by atoms with van der Waals surface area (Å²) >= 11 is 0. The first-order valence-corrected chi connectivity index (χ1v) is 7.43. The average molecular weight is 260 g/mol. The summed E-state index contributed by atoms with van der Waals surface area (Å²) < 4.78 is 0. The molecule has 2 aliphatic carbocycles. The molecule has 0 saturated heterocycles. The molecular formula is C15H24N4. The van der Waals surface area contributed by atoms with Gasteiger partial charge in [0, 0.05) is 38.1 Å². The zero-order valence-electron chi connectivity index (χ0n) is 12.0. The van der Waals surface area contributed by atoms with Crippen molar-refractivity contribution in [2.24, 2.45) is 17.8 Å². The van der Waals surface area contributed by atoms with Crippen molar-refractivity contribution in [1.82, 2.24) is 15.3 Å². The van der Waals surface area contributed by atoms with Gasteiger partial charge in [0.2, 0.25) is 5.95 Å². The molecule has 0 amide bonds. The van der Waals surface area contributed by atoms with Crippen LogP contribution in [0.2, 0.25) is 0 Å². The van der Waals surface area contributed by atoms with Crippen LogP contribution in [0, 0.1) is 17.8 Å². The Balaban J connectivity index is 1.59. The molecule has 1 heterocycles. The molecule has 2 aliphatic rings. The van der Waals surface area contributed by atoms with Crippen molar-refractivity contribution in [3.05, 3.63) is 18.0 Å². The Bertz CT molecular complexity index is 417. The van der Waals surface area contributed by atoms with Gasteiger partial charge in [0.25, 0.3) is 0 Å². The van der Waals surface area contributed by atoms with Gasteiger partial charge in [0.05, 0.1) is 0 Å². The number of aromatic nitrogens is 2. The van der Waals surface area contributed by atoms with Crippen molar-refractivity contribution < 1.29 is 0 Å². The minimum atomic E-state index is 0.830. The quantitative estimate of drug-likeness (QED) is 0.880. The van der Waals surface area contributed by atoms with Gasteiger partial charge >= 0.3 is 0 Å². The van der Waals surface area contributed by atoms with Gasteiger partial charge in [-0.3, -0.25) is 0 Å². The first kappa shape index (κ1) is 12.9. The molecule has 1 aromatic rings. The van der Waals surface area contributed by atoms with Gasteiger partial charge in [-0.25, -0.2) is 9.97 Å². The molecular weight excluding hydrogens is 236 g/mol. The van der Waals surface area contributed by atoms with E-state index in [1.165, 1.54) is 25.7 Å². The molecule has 3 unspecified atom stereocenters. The topological polar surface area (TPSA) is 41.1 Å². The molecule has 1 N–H and O–H groups in total. The normalized spacial score (nSPS) is 28.8. The predicted octanol–water partition coefficient (Wildman–Crippen LogP) is 2.07. The third-order valence-corrected chi connectivity index (χ3v) is 4.81. The molecule has 19 heavy (non-hydrogen) atoms. The molecule has 0 aliphatic heterocycles. The maximum Gasteiger partial charge on any atom is 0.225 e. The number of nitrogens with one attached hydrogen (secondary N) is 1. The minimum Gasteiger partial charge on any atom is -0.344 e. The highest BCUT2D eigenvalue weighted by molar-refractivity contribution is 5.28. The highest BCUT2D eigenvalue weighted by Crippen LogP contribution is 2.48. The van der Waals surface area contributed by atoms with Crippen LogP contribution in [0.25, 0.3) is 0 Å². The first-order chi connectivity index (χ1) is 9.26. The SMILES string of the molecule is CNCc1cnc(N(C)CC2CC3CCC2C3)nc1. The molecule has 104 valence electrons. The van der Waals surface area contributed by atoms with Crippen LogP contribution in [-0.4, -0.2) is 30.6 Å². The maximum atomic E-state index is 4.48. The van der Waals surface area contributed by atoms with E-state index in [0.29, 0.717) is 0 Å². The van der Waals surface area contributed by atoms with E-state index in [-0.39, 0.29) is 0 Å². The lowest BCUT2D eigenvalue weighted by Crippen LogP contribution is -2.29. The molecule has 0 radical (unpaired) electrons. The lowest BCUT2D eigenvalue weighted by atomic mass is 9.88. The lowest BCUT2D eigenvalue weighted by Gasteiger charge is -2.27. The summed E-state index contributed by atoms with van der Waals surface area (Å²) in [5.74, 6) is 3.71. The number of hydrogen-bond acceptors (Lipinski definition) is 4. The van der Waals surface area contributed by atoms with Gasteiger partial charge in [-0.15, -0.1) is 0 Å². The van der Waals surface area contributed by atoms with E-state index in [1.807, 2.05) is 19.4 Å². The van der Waals surface area contributed by atoms with Gasteiger partial charge in [0.1, 0.15) is 0 Å². The average Bonchev–Trinajstić information content (AvgIpc) is 3.02. The number of anilines is 1. The van der Waals surface area contributed by atoms with Crippen LogP contribution in [-0.2, 0) is 6.54 Å². The molecule has 4 nitrogen and oxygen atoms in total. The fourth-order valence-corrected chi connectivity index (χ4v) is 3.87. The summed E-state index contributed by atoms with van der Waals surface area (Å²) in [7, 11) is 4.06. The Labute approximate surface area is 115 Å². The second-order valence-corrected chi connectivity index (χ2v) is 6.24. The Hall–Kier alpha value is -1.16. The van der Waals surface area contributed by atoms with Crippen LogP contribution < -0.4 is 10.2 Å². The third-order valence-electron chi connectivity index (χ3n) is 4.81.